The van der Waals surface area contributed by atoms with Gasteiger partial charge in [0.25, 0.3) is 5.91 Å². The highest BCUT2D eigenvalue weighted by Crippen LogP contribution is 2.35. The zero-order valence-electron chi connectivity index (χ0n) is 14.9. The van der Waals surface area contributed by atoms with Crippen LogP contribution in [-0.4, -0.2) is 46.9 Å². The summed E-state index contributed by atoms with van der Waals surface area (Å²) in [5.74, 6) is -0.468. The van der Waals surface area contributed by atoms with Gasteiger partial charge in [-0.1, -0.05) is 18.2 Å². The number of carbonyl (C=O) groups is 2. The van der Waals surface area contributed by atoms with Crippen molar-refractivity contribution >= 4 is 11.9 Å². The minimum atomic E-state index is -0.573. The minimum absolute atomic E-state index is 0.109. The summed E-state index contributed by atoms with van der Waals surface area (Å²) in [5, 5.41) is 2.84. The molecule has 2 aliphatic heterocycles. The Bertz CT molecular complexity index is 911. The van der Waals surface area contributed by atoms with Crippen LogP contribution in [0, 0.1) is 5.82 Å². The first-order valence-corrected chi connectivity index (χ1v) is 8.76. The lowest BCUT2D eigenvalue weighted by Crippen LogP contribution is -2.45. The first-order valence-electron chi connectivity index (χ1n) is 8.76. The van der Waals surface area contributed by atoms with Gasteiger partial charge in [-0.25, -0.2) is 9.18 Å². The molecule has 0 saturated carbocycles. The van der Waals surface area contributed by atoms with E-state index in [1.54, 1.807) is 30.3 Å². The highest BCUT2D eigenvalue weighted by molar-refractivity contribution is 6.01. The van der Waals surface area contributed by atoms with Gasteiger partial charge in [-0.2, -0.15) is 0 Å². The third-order valence-electron chi connectivity index (χ3n) is 5.00. The van der Waals surface area contributed by atoms with Crippen LogP contribution in [-0.2, 0) is 11.2 Å². The molecule has 0 fully saturated rings. The third kappa shape index (κ3) is 3.16. The van der Waals surface area contributed by atoms with Crippen molar-refractivity contribution in [3.63, 3.8) is 0 Å². The molecule has 4 rings (SSSR count). The topological polar surface area (TPSA) is 65.5 Å². The van der Waals surface area contributed by atoms with Gasteiger partial charge in [0.05, 0.1) is 23.9 Å². The molecule has 0 bridgehead atoms. The minimum Gasteiger partial charge on any atom is -0.333 e. The summed E-state index contributed by atoms with van der Waals surface area (Å²) in [6.45, 7) is 0.892. The number of nitrogens with zero attached hydrogens (tertiary/aromatic N) is 3. The molecule has 6 nitrogen and oxygen atoms in total. The van der Waals surface area contributed by atoms with Crippen LogP contribution in [0.3, 0.4) is 0 Å². The first-order chi connectivity index (χ1) is 13.0. The van der Waals surface area contributed by atoms with Crippen LogP contribution >= 0.6 is 0 Å². The van der Waals surface area contributed by atoms with Gasteiger partial charge in [0.2, 0.25) is 0 Å². The molecule has 1 atom stereocenters. The standard InChI is InChI=1S/C20H19FN4O2/c1-24-16-12-25(11-9-15-4-2-3-10-22-15)19(26)17(16)18(23-20(24)27)13-5-7-14(21)8-6-13/h2-8,10,18H,9,11-12H2,1H3,(H,23,27)/t18-/m1/s1. The Morgan fingerprint density at radius 2 is 1.96 bits per heavy atom. The molecule has 1 aromatic carbocycles. The van der Waals surface area contributed by atoms with Crippen LogP contribution < -0.4 is 5.32 Å². The summed E-state index contributed by atoms with van der Waals surface area (Å²) in [6.07, 6.45) is 2.37. The van der Waals surface area contributed by atoms with E-state index < -0.39 is 6.04 Å². The summed E-state index contributed by atoms with van der Waals surface area (Å²) in [4.78, 5) is 32.9. The molecule has 2 aliphatic rings. The Balaban J connectivity index is 1.59. The predicted octanol–water partition coefficient (Wildman–Crippen LogP) is 2.26. The average molecular weight is 366 g/mol. The smallest absolute Gasteiger partial charge is 0.322 e. The van der Waals surface area contributed by atoms with Gasteiger partial charge in [0.1, 0.15) is 5.82 Å². The van der Waals surface area contributed by atoms with Crippen LogP contribution in [0.5, 0.6) is 0 Å². The second kappa shape index (κ2) is 6.83. The van der Waals surface area contributed by atoms with E-state index in [-0.39, 0.29) is 17.8 Å². The largest absolute Gasteiger partial charge is 0.333 e. The molecule has 0 spiro atoms. The molecule has 1 aromatic heterocycles. The molecule has 3 amide bonds. The Hall–Kier alpha value is -3.22. The van der Waals surface area contributed by atoms with Crippen LogP contribution in [0.2, 0.25) is 0 Å². The number of rotatable bonds is 4. The van der Waals surface area contributed by atoms with E-state index in [1.807, 2.05) is 18.2 Å². The number of benzene rings is 1. The molecule has 7 heteroatoms. The van der Waals surface area contributed by atoms with E-state index in [9.17, 15) is 14.0 Å². The molecular weight excluding hydrogens is 347 g/mol. The maximum absolute atomic E-state index is 13.3. The lowest BCUT2D eigenvalue weighted by molar-refractivity contribution is -0.125. The Morgan fingerprint density at radius 3 is 2.67 bits per heavy atom. The first kappa shape index (κ1) is 17.2. The van der Waals surface area contributed by atoms with Crippen molar-refractivity contribution in [3.05, 3.63) is 77.0 Å². The highest BCUT2D eigenvalue weighted by Gasteiger charge is 2.42. The van der Waals surface area contributed by atoms with Gasteiger partial charge in [0, 0.05) is 31.9 Å². The maximum Gasteiger partial charge on any atom is 0.322 e. The van der Waals surface area contributed by atoms with Crippen LogP contribution in [0.25, 0.3) is 0 Å². The molecule has 0 saturated heterocycles. The highest BCUT2D eigenvalue weighted by atomic mass is 19.1. The molecule has 0 aliphatic carbocycles. The van der Waals surface area contributed by atoms with Crippen LogP contribution in [0.1, 0.15) is 17.3 Å². The number of nitrogens with one attached hydrogen (secondary N) is 1. The van der Waals surface area contributed by atoms with Crippen molar-refractivity contribution in [1.29, 1.82) is 0 Å². The summed E-state index contributed by atoms with van der Waals surface area (Å²) < 4.78 is 13.3. The zero-order chi connectivity index (χ0) is 19.0. The van der Waals surface area contributed by atoms with E-state index in [0.717, 1.165) is 5.69 Å². The van der Waals surface area contributed by atoms with Crippen molar-refractivity contribution in [2.24, 2.45) is 0 Å². The quantitative estimate of drug-likeness (QED) is 0.903. The van der Waals surface area contributed by atoms with Crippen molar-refractivity contribution in [3.8, 4) is 0 Å². The van der Waals surface area contributed by atoms with Crippen LogP contribution in [0.4, 0.5) is 9.18 Å². The Kier molecular flexibility index (Phi) is 4.35. The van der Waals surface area contributed by atoms with Crippen molar-refractivity contribution in [1.82, 2.24) is 20.1 Å². The number of urea groups is 1. The molecule has 0 radical (unpaired) electrons. The summed E-state index contributed by atoms with van der Waals surface area (Å²) in [7, 11) is 1.65. The lowest BCUT2D eigenvalue weighted by atomic mass is 9.96. The number of aromatic nitrogens is 1. The number of likely N-dealkylation sites (N-methyl/N-ethyl adjacent to an activating group) is 1. The summed E-state index contributed by atoms with van der Waals surface area (Å²) in [5.41, 5.74) is 2.84. The molecule has 3 heterocycles. The molecule has 27 heavy (non-hydrogen) atoms. The molecule has 1 N–H and O–H groups in total. The SMILES string of the molecule is CN1C(=O)N[C@H](c2ccc(F)cc2)C2=C1CN(CCc1ccccn1)C2=O. The van der Waals surface area contributed by atoms with Crippen molar-refractivity contribution in [2.75, 3.05) is 20.1 Å². The Morgan fingerprint density at radius 1 is 1.19 bits per heavy atom. The third-order valence-corrected chi connectivity index (χ3v) is 5.00. The van der Waals surface area contributed by atoms with Gasteiger partial charge in [-0.15, -0.1) is 0 Å². The van der Waals surface area contributed by atoms with Gasteiger partial charge >= 0.3 is 6.03 Å². The second-order valence-corrected chi connectivity index (χ2v) is 6.65. The van der Waals surface area contributed by atoms with Gasteiger partial charge < -0.3 is 10.2 Å². The monoisotopic (exact) mass is 366 g/mol. The summed E-state index contributed by atoms with van der Waals surface area (Å²) >= 11 is 0. The maximum atomic E-state index is 13.3. The molecule has 2 aromatic rings. The van der Waals surface area contributed by atoms with Crippen molar-refractivity contribution in [2.45, 2.75) is 12.5 Å². The fraction of sp³-hybridized carbons (Fsp3) is 0.250. The van der Waals surface area contributed by atoms with Gasteiger partial charge in [-0.3, -0.25) is 14.7 Å². The van der Waals surface area contributed by atoms with E-state index >= 15 is 0 Å². The second-order valence-electron chi connectivity index (χ2n) is 6.65. The van der Waals surface area contributed by atoms with Crippen molar-refractivity contribution < 1.29 is 14.0 Å². The van der Waals surface area contributed by atoms with E-state index in [0.29, 0.717) is 36.3 Å². The Labute approximate surface area is 156 Å². The van der Waals surface area contributed by atoms with E-state index in [1.165, 1.54) is 17.0 Å². The van der Waals surface area contributed by atoms with E-state index in [4.69, 9.17) is 0 Å². The van der Waals surface area contributed by atoms with Gasteiger partial charge in [-0.05, 0) is 29.8 Å². The predicted molar refractivity (Wildman–Crippen MR) is 97.0 cm³/mol. The zero-order valence-corrected chi connectivity index (χ0v) is 14.9. The summed E-state index contributed by atoms with van der Waals surface area (Å²) in [6, 6.07) is 10.7. The number of hydrogen-bond donors (Lipinski definition) is 1. The number of pyridine rings is 1. The van der Waals surface area contributed by atoms with Gasteiger partial charge in [0.15, 0.2) is 0 Å². The molecule has 138 valence electrons. The lowest BCUT2D eigenvalue weighted by Gasteiger charge is -2.31. The van der Waals surface area contributed by atoms with Crippen LogP contribution in [0.15, 0.2) is 59.9 Å². The number of halogens is 1. The van der Waals surface area contributed by atoms with E-state index in [2.05, 4.69) is 10.3 Å². The normalized spacial score (nSPS) is 19.4. The fourth-order valence-corrected chi connectivity index (χ4v) is 3.50. The average Bonchev–Trinajstić information content (AvgIpc) is 3.01. The molecule has 0 unspecified atom stereocenters. The number of carbonyl (C=O) groups excluding carboxylic acids is 2. The number of hydrogen-bond acceptors (Lipinski definition) is 3. The number of amides is 3. The molecular formula is C20H19FN4O2. The fourth-order valence-electron chi connectivity index (χ4n) is 3.50.